The number of carbonyl (C=O) groups is 1. The van der Waals surface area contributed by atoms with Crippen LogP contribution in [0.2, 0.25) is 0 Å². The lowest BCUT2D eigenvalue weighted by Crippen LogP contribution is -2.37. The van der Waals surface area contributed by atoms with Gasteiger partial charge < -0.3 is 11.1 Å². The molecule has 0 saturated carbocycles. The van der Waals surface area contributed by atoms with Gasteiger partial charge in [-0.1, -0.05) is 0 Å². The van der Waals surface area contributed by atoms with Gasteiger partial charge in [0, 0.05) is 12.7 Å². The van der Waals surface area contributed by atoms with E-state index >= 15 is 0 Å². The second-order valence-electron chi connectivity index (χ2n) is 2.99. The average molecular weight is 258 g/mol. The van der Waals surface area contributed by atoms with Gasteiger partial charge >= 0.3 is 0 Å². The first-order chi connectivity index (χ1) is 6.59. The fourth-order valence-electron chi connectivity index (χ4n) is 0.903. The lowest BCUT2D eigenvalue weighted by molar-refractivity contribution is -0.122. The SMILES string of the molecule is CC(N)C(=O)NCc1ccnc(Br)c1. The largest absolute Gasteiger partial charge is 0.351 e. The molecule has 0 radical (unpaired) electrons. The highest BCUT2D eigenvalue weighted by molar-refractivity contribution is 9.10. The van der Waals surface area contributed by atoms with Crippen LogP contribution in [0.3, 0.4) is 0 Å². The molecule has 0 bridgehead atoms. The molecule has 0 aliphatic rings. The molecule has 0 aliphatic carbocycles. The van der Waals surface area contributed by atoms with Gasteiger partial charge in [-0.25, -0.2) is 4.98 Å². The van der Waals surface area contributed by atoms with E-state index in [9.17, 15) is 4.79 Å². The number of halogens is 1. The summed E-state index contributed by atoms with van der Waals surface area (Å²) in [4.78, 5) is 15.1. The standard InChI is InChI=1S/C9H12BrN3O/c1-6(11)9(14)13-5-7-2-3-12-8(10)4-7/h2-4,6H,5,11H2,1H3,(H,13,14). The number of hydrogen-bond acceptors (Lipinski definition) is 3. The van der Waals surface area contributed by atoms with Crippen molar-refractivity contribution in [1.82, 2.24) is 10.3 Å². The molecule has 3 N–H and O–H groups in total. The summed E-state index contributed by atoms with van der Waals surface area (Å²) in [5.74, 6) is -0.155. The van der Waals surface area contributed by atoms with Crippen molar-refractivity contribution >= 4 is 21.8 Å². The van der Waals surface area contributed by atoms with Crippen LogP contribution in [-0.4, -0.2) is 16.9 Å². The van der Waals surface area contributed by atoms with Crippen LogP contribution in [0.5, 0.6) is 0 Å². The van der Waals surface area contributed by atoms with Crippen molar-refractivity contribution in [3.63, 3.8) is 0 Å². The normalized spacial score (nSPS) is 12.2. The Balaban J connectivity index is 2.50. The molecule has 0 aromatic carbocycles. The van der Waals surface area contributed by atoms with Crippen molar-refractivity contribution in [3.05, 3.63) is 28.5 Å². The van der Waals surface area contributed by atoms with Crippen LogP contribution >= 0.6 is 15.9 Å². The van der Waals surface area contributed by atoms with Crippen molar-refractivity contribution in [3.8, 4) is 0 Å². The second kappa shape index (κ2) is 5.07. The third-order valence-corrected chi connectivity index (χ3v) is 2.10. The van der Waals surface area contributed by atoms with Crippen LogP contribution in [0.4, 0.5) is 0 Å². The fourth-order valence-corrected chi connectivity index (χ4v) is 1.31. The van der Waals surface area contributed by atoms with Crippen LogP contribution in [-0.2, 0) is 11.3 Å². The zero-order chi connectivity index (χ0) is 10.6. The van der Waals surface area contributed by atoms with E-state index in [-0.39, 0.29) is 5.91 Å². The molecule has 0 spiro atoms. The summed E-state index contributed by atoms with van der Waals surface area (Å²) in [6, 6.07) is 3.22. The number of pyridine rings is 1. The maximum absolute atomic E-state index is 11.1. The smallest absolute Gasteiger partial charge is 0.236 e. The van der Waals surface area contributed by atoms with Crippen molar-refractivity contribution in [2.24, 2.45) is 5.73 Å². The summed E-state index contributed by atoms with van der Waals surface area (Å²) in [6.07, 6.45) is 1.68. The van der Waals surface area contributed by atoms with Crippen LogP contribution in [0, 0.1) is 0 Å². The lowest BCUT2D eigenvalue weighted by Gasteiger charge is -2.07. The van der Waals surface area contributed by atoms with Crippen molar-refractivity contribution in [1.29, 1.82) is 0 Å². The molecule has 76 valence electrons. The van der Waals surface area contributed by atoms with Crippen LogP contribution in [0.25, 0.3) is 0 Å². The molecule has 1 unspecified atom stereocenters. The molecule has 1 aromatic rings. The Morgan fingerprint density at radius 2 is 2.50 bits per heavy atom. The highest BCUT2D eigenvalue weighted by Crippen LogP contribution is 2.07. The first-order valence-corrected chi connectivity index (χ1v) is 5.02. The first-order valence-electron chi connectivity index (χ1n) is 4.23. The number of hydrogen-bond donors (Lipinski definition) is 2. The summed E-state index contributed by atoms with van der Waals surface area (Å²) < 4.78 is 0.755. The first kappa shape index (κ1) is 11.1. The van der Waals surface area contributed by atoms with E-state index in [1.165, 1.54) is 0 Å². The van der Waals surface area contributed by atoms with Crippen LogP contribution < -0.4 is 11.1 Å². The van der Waals surface area contributed by atoms with Crippen molar-refractivity contribution in [2.45, 2.75) is 19.5 Å². The van der Waals surface area contributed by atoms with E-state index in [2.05, 4.69) is 26.2 Å². The molecule has 0 fully saturated rings. The zero-order valence-corrected chi connectivity index (χ0v) is 9.41. The van der Waals surface area contributed by atoms with E-state index < -0.39 is 6.04 Å². The molecule has 1 aromatic heterocycles. The number of amides is 1. The molecular formula is C9H12BrN3O. The van der Waals surface area contributed by atoms with Gasteiger partial charge in [0.2, 0.25) is 5.91 Å². The van der Waals surface area contributed by atoms with Gasteiger partial charge in [-0.05, 0) is 40.5 Å². The third-order valence-electron chi connectivity index (χ3n) is 1.67. The minimum Gasteiger partial charge on any atom is -0.351 e. The van der Waals surface area contributed by atoms with Gasteiger partial charge in [-0.2, -0.15) is 0 Å². The Labute approximate surface area is 91.0 Å². The lowest BCUT2D eigenvalue weighted by atomic mass is 10.2. The number of nitrogens with zero attached hydrogens (tertiary/aromatic N) is 1. The van der Waals surface area contributed by atoms with Crippen molar-refractivity contribution < 1.29 is 4.79 Å². The summed E-state index contributed by atoms with van der Waals surface area (Å²) >= 11 is 3.25. The Morgan fingerprint density at radius 1 is 1.79 bits per heavy atom. The minimum atomic E-state index is -0.472. The number of nitrogens with one attached hydrogen (secondary N) is 1. The van der Waals surface area contributed by atoms with E-state index in [0.29, 0.717) is 6.54 Å². The number of carbonyl (C=O) groups excluding carboxylic acids is 1. The molecule has 1 amide bonds. The van der Waals surface area contributed by atoms with Gasteiger partial charge in [-0.15, -0.1) is 0 Å². The molecule has 14 heavy (non-hydrogen) atoms. The molecule has 4 nitrogen and oxygen atoms in total. The molecule has 0 aliphatic heterocycles. The van der Waals surface area contributed by atoms with E-state index in [1.54, 1.807) is 13.1 Å². The molecule has 1 rings (SSSR count). The van der Waals surface area contributed by atoms with Gasteiger partial charge in [0.15, 0.2) is 0 Å². The Bertz CT molecular complexity index is 328. The monoisotopic (exact) mass is 257 g/mol. The van der Waals surface area contributed by atoms with Gasteiger partial charge in [0.25, 0.3) is 0 Å². The number of nitrogens with two attached hydrogens (primary N) is 1. The molecule has 1 heterocycles. The molecule has 1 atom stereocenters. The predicted octanol–water partition coefficient (Wildman–Crippen LogP) is 0.807. The summed E-state index contributed by atoms with van der Waals surface area (Å²) in [7, 11) is 0. The minimum absolute atomic E-state index is 0.155. The van der Waals surface area contributed by atoms with E-state index in [4.69, 9.17) is 5.73 Å². The second-order valence-corrected chi connectivity index (χ2v) is 3.81. The van der Waals surface area contributed by atoms with Crippen LogP contribution in [0.1, 0.15) is 12.5 Å². The summed E-state index contributed by atoms with van der Waals surface area (Å²) in [6.45, 7) is 2.12. The summed E-state index contributed by atoms with van der Waals surface area (Å²) in [5.41, 5.74) is 6.38. The van der Waals surface area contributed by atoms with Gasteiger partial charge in [0.05, 0.1) is 6.04 Å². The zero-order valence-electron chi connectivity index (χ0n) is 7.83. The molecule has 0 saturated heterocycles. The Morgan fingerprint density at radius 3 is 3.07 bits per heavy atom. The quantitative estimate of drug-likeness (QED) is 0.788. The highest BCUT2D eigenvalue weighted by Gasteiger charge is 2.05. The number of rotatable bonds is 3. The van der Waals surface area contributed by atoms with E-state index in [1.807, 2.05) is 12.1 Å². The van der Waals surface area contributed by atoms with Crippen molar-refractivity contribution in [2.75, 3.05) is 0 Å². The molecule has 5 heteroatoms. The van der Waals surface area contributed by atoms with Crippen LogP contribution in [0.15, 0.2) is 22.9 Å². The third kappa shape index (κ3) is 3.43. The summed E-state index contributed by atoms with van der Waals surface area (Å²) in [5, 5.41) is 2.71. The average Bonchev–Trinajstić information content (AvgIpc) is 2.14. The maximum atomic E-state index is 11.1. The Hall–Kier alpha value is -0.940. The number of aromatic nitrogens is 1. The van der Waals surface area contributed by atoms with Gasteiger partial charge in [0.1, 0.15) is 4.60 Å². The Kier molecular flexibility index (Phi) is 4.03. The van der Waals surface area contributed by atoms with E-state index in [0.717, 1.165) is 10.2 Å². The molecular weight excluding hydrogens is 246 g/mol. The predicted molar refractivity (Wildman–Crippen MR) is 57.4 cm³/mol. The maximum Gasteiger partial charge on any atom is 0.236 e. The fraction of sp³-hybridized carbons (Fsp3) is 0.333. The van der Waals surface area contributed by atoms with Gasteiger partial charge in [-0.3, -0.25) is 4.79 Å². The topological polar surface area (TPSA) is 68.0 Å². The highest BCUT2D eigenvalue weighted by atomic mass is 79.9.